The zero-order valence-electron chi connectivity index (χ0n) is 20.2. The predicted octanol–water partition coefficient (Wildman–Crippen LogP) is 5.28. The number of hydrogen-bond acceptors (Lipinski definition) is 5. The van der Waals surface area contributed by atoms with Crippen LogP contribution in [-0.2, 0) is 5.41 Å². The molecule has 4 rings (SSSR count). The molecule has 0 aliphatic heterocycles. The third-order valence-corrected chi connectivity index (χ3v) is 5.78. The lowest BCUT2D eigenvalue weighted by Crippen LogP contribution is -2.18. The lowest BCUT2D eigenvalue weighted by molar-refractivity contribution is 0.102. The van der Waals surface area contributed by atoms with Gasteiger partial charge in [-0.15, -0.1) is 0 Å². The molecule has 8 nitrogen and oxygen atoms in total. The standard InChI is InChI=1S/C28H25N7O/c1-18-23(19-6-4-7-20(12-19)26(34-17-30)24-8-5-10-31-24)14-22(15-33-18)35-27(36)21-9-11-32-25(13-21)28(2,3)16-29/h4-15,17,30-31H,1-3H3,(H,35,36)/b30-17?,34-26-. The molecule has 0 fully saturated rings. The molecule has 36 heavy (non-hydrogen) atoms. The molecule has 0 aliphatic rings. The van der Waals surface area contributed by atoms with Crippen LogP contribution in [0.25, 0.3) is 11.1 Å². The van der Waals surface area contributed by atoms with Crippen LogP contribution >= 0.6 is 0 Å². The van der Waals surface area contributed by atoms with Gasteiger partial charge in [-0.2, -0.15) is 5.26 Å². The minimum atomic E-state index is -0.806. The number of H-pyrrole nitrogens is 1. The van der Waals surface area contributed by atoms with Gasteiger partial charge in [-0.25, -0.2) is 4.99 Å². The van der Waals surface area contributed by atoms with E-state index in [0.717, 1.165) is 34.4 Å². The number of aromatic nitrogens is 3. The summed E-state index contributed by atoms with van der Waals surface area (Å²) < 4.78 is 0. The molecule has 1 aromatic carbocycles. The molecule has 1 amide bonds. The lowest BCUT2D eigenvalue weighted by Gasteiger charge is -2.15. The number of nitrogens with zero attached hydrogens (tertiary/aromatic N) is 4. The van der Waals surface area contributed by atoms with Crippen LogP contribution < -0.4 is 5.32 Å². The first-order valence-electron chi connectivity index (χ1n) is 11.3. The van der Waals surface area contributed by atoms with E-state index in [9.17, 15) is 10.1 Å². The summed E-state index contributed by atoms with van der Waals surface area (Å²) in [6.45, 7) is 5.43. The topological polar surface area (TPSA) is 131 Å². The van der Waals surface area contributed by atoms with E-state index in [-0.39, 0.29) is 5.91 Å². The fourth-order valence-corrected chi connectivity index (χ4v) is 3.74. The number of nitrogens with one attached hydrogen (secondary N) is 3. The van der Waals surface area contributed by atoms with Crippen molar-refractivity contribution in [3.8, 4) is 17.2 Å². The van der Waals surface area contributed by atoms with Crippen molar-refractivity contribution in [1.82, 2.24) is 15.0 Å². The van der Waals surface area contributed by atoms with Crippen molar-refractivity contribution in [2.24, 2.45) is 4.99 Å². The number of nitriles is 1. The Morgan fingerprint density at radius 2 is 1.97 bits per heavy atom. The third-order valence-electron chi connectivity index (χ3n) is 5.78. The van der Waals surface area contributed by atoms with Crippen LogP contribution in [0.15, 0.2) is 78.2 Å². The van der Waals surface area contributed by atoms with Gasteiger partial charge in [0.05, 0.1) is 40.5 Å². The maximum Gasteiger partial charge on any atom is 0.255 e. The Morgan fingerprint density at radius 1 is 1.14 bits per heavy atom. The van der Waals surface area contributed by atoms with Crippen molar-refractivity contribution in [1.29, 1.82) is 10.7 Å². The zero-order chi connectivity index (χ0) is 25.7. The first kappa shape index (κ1) is 24.2. The fraction of sp³-hybridized carbons (Fsp3) is 0.143. The van der Waals surface area contributed by atoms with Crippen LogP contribution in [0.1, 0.15) is 46.9 Å². The molecule has 0 atom stereocenters. The molecule has 0 saturated carbocycles. The van der Waals surface area contributed by atoms with Gasteiger partial charge in [0.2, 0.25) is 0 Å². The van der Waals surface area contributed by atoms with Crippen LogP contribution in [0.3, 0.4) is 0 Å². The molecular formula is C28H25N7O. The number of rotatable bonds is 7. The number of pyridine rings is 2. The van der Waals surface area contributed by atoms with Crippen molar-refractivity contribution in [3.05, 3.63) is 101 Å². The van der Waals surface area contributed by atoms with Crippen LogP contribution in [0.5, 0.6) is 0 Å². The summed E-state index contributed by atoms with van der Waals surface area (Å²) in [4.78, 5) is 29.1. The number of carbonyl (C=O) groups is 1. The summed E-state index contributed by atoms with van der Waals surface area (Å²) in [7, 11) is 0. The van der Waals surface area contributed by atoms with E-state index < -0.39 is 5.41 Å². The monoisotopic (exact) mass is 475 g/mol. The average Bonchev–Trinajstić information content (AvgIpc) is 3.43. The number of aliphatic imine (C=N–C) groups is 1. The summed E-state index contributed by atoms with van der Waals surface area (Å²) in [6.07, 6.45) is 5.98. The Bertz CT molecular complexity index is 1490. The van der Waals surface area contributed by atoms with Gasteiger partial charge in [-0.05, 0) is 62.7 Å². The lowest BCUT2D eigenvalue weighted by atomic mass is 9.90. The molecule has 0 spiro atoms. The van der Waals surface area contributed by atoms with Gasteiger partial charge in [-0.3, -0.25) is 20.2 Å². The molecule has 0 aliphatic carbocycles. The first-order valence-corrected chi connectivity index (χ1v) is 11.3. The van der Waals surface area contributed by atoms with Gasteiger partial charge in [0.25, 0.3) is 5.91 Å². The second-order valence-corrected chi connectivity index (χ2v) is 8.75. The van der Waals surface area contributed by atoms with Crippen molar-refractivity contribution in [3.63, 3.8) is 0 Å². The Morgan fingerprint density at radius 3 is 2.69 bits per heavy atom. The molecule has 3 aromatic heterocycles. The number of benzene rings is 1. The van der Waals surface area contributed by atoms with Crippen molar-refractivity contribution in [2.75, 3.05) is 5.32 Å². The molecule has 178 valence electrons. The smallest absolute Gasteiger partial charge is 0.255 e. The van der Waals surface area contributed by atoms with Crippen LogP contribution in [0.4, 0.5) is 5.69 Å². The largest absolute Gasteiger partial charge is 0.360 e. The van der Waals surface area contributed by atoms with Crippen LogP contribution in [-0.4, -0.2) is 32.9 Å². The maximum absolute atomic E-state index is 13.0. The molecule has 0 radical (unpaired) electrons. The van der Waals surface area contributed by atoms with E-state index in [2.05, 4.69) is 31.3 Å². The van der Waals surface area contributed by atoms with Crippen molar-refractivity contribution >= 4 is 23.6 Å². The number of aromatic amines is 1. The van der Waals surface area contributed by atoms with Crippen LogP contribution in [0.2, 0.25) is 0 Å². The van der Waals surface area contributed by atoms with Gasteiger partial charge in [-0.1, -0.05) is 18.2 Å². The normalized spacial score (nSPS) is 11.6. The van der Waals surface area contributed by atoms with E-state index in [1.165, 1.54) is 6.20 Å². The van der Waals surface area contributed by atoms with E-state index in [1.807, 2.05) is 55.6 Å². The summed E-state index contributed by atoms with van der Waals surface area (Å²) in [6, 6.07) is 18.9. The summed E-state index contributed by atoms with van der Waals surface area (Å²) in [5.74, 6) is -0.315. The SMILES string of the molecule is Cc1ncc(NC(=O)c2ccnc(C(C)(C)C#N)c2)cc1-c1cccc(/C(=N/C=N)c2ccc[nH]2)c1. The highest BCUT2D eigenvalue weighted by molar-refractivity contribution is 6.14. The first-order chi connectivity index (χ1) is 17.3. The molecule has 3 N–H and O–H groups in total. The third kappa shape index (κ3) is 5.10. The number of amides is 1. The highest BCUT2D eigenvalue weighted by Crippen LogP contribution is 2.27. The predicted molar refractivity (Wildman–Crippen MR) is 140 cm³/mol. The van der Waals surface area contributed by atoms with Crippen molar-refractivity contribution < 1.29 is 4.79 Å². The second-order valence-electron chi connectivity index (χ2n) is 8.75. The van der Waals surface area contributed by atoms with Gasteiger partial charge >= 0.3 is 0 Å². The Labute approximate surface area is 209 Å². The van der Waals surface area contributed by atoms with E-state index in [1.54, 1.807) is 32.2 Å². The molecule has 3 heterocycles. The Hall–Kier alpha value is -4.90. The highest BCUT2D eigenvalue weighted by Gasteiger charge is 2.22. The second kappa shape index (κ2) is 10.2. The summed E-state index contributed by atoms with van der Waals surface area (Å²) in [5, 5.41) is 19.8. The zero-order valence-corrected chi connectivity index (χ0v) is 20.2. The summed E-state index contributed by atoms with van der Waals surface area (Å²) >= 11 is 0. The maximum atomic E-state index is 13.0. The number of carbonyl (C=O) groups excluding carboxylic acids is 1. The average molecular weight is 476 g/mol. The fourth-order valence-electron chi connectivity index (χ4n) is 3.74. The molecular weight excluding hydrogens is 450 g/mol. The highest BCUT2D eigenvalue weighted by atomic mass is 16.1. The van der Waals surface area contributed by atoms with Gasteiger partial charge in [0.1, 0.15) is 6.34 Å². The van der Waals surface area contributed by atoms with Gasteiger partial charge in [0, 0.05) is 34.8 Å². The summed E-state index contributed by atoms with van der Waals surface area (Å²) in [5.41, 5.74) is 5.54. The quantitative estimate of drug-likeness (QED) is 0.248. The van der Waals surface area contributed by atoms with E-state index in [0.29, 0.717) is 22.7 Å². The number of aryl methyl sites for hydroxylation is 1. The molecule has 8 heteroatoms. The van der Waals surface area contributed by atoms with Crippen LogP contribution in [0, 0.1) is 23.7 Å². The van der Waals surface area contributed by atoms with Crippen molar-refractivity contribution in [2.45, 2.75) is 26.2 Å². The van der Waals surface area contributed by atoms with E-state index in [4.69, 9.17) is 5.41 Å². The molecule has 4 aromatic rings. The van der Waals surface area contributed by atoms with Gasteiger partial charge < -0.3 is 10.3 Å². The minimum absolute atomic E-state index is 0.315. The molecule has 0 saturated heterocycles. The Kier molecular flexibility index (Phi) is 6.84. The molecule has 0 bridgehead atoms. The van der Waals surface area contributed by atoms with E-state index >= 15 is 0 Å². The Balaban J connectivity index is 1.64. The number of hydrogen-bond donors (Lipinski definition) is 3. The molecule has 0 unspecified atom stereocenters. The number of anilines is 1. The minimum Gasteiger partial charge on any atom is -0.360 e. The van der Waals surface area contributed by atoms with Gasteiger partial charge in [0.15, 0.2) is 0 Å².